The number of alkyl halides is 3. The van der Waals surface area contributed by atoms with Crippen LogP contribution in [-0.4, -0.2) is 50.3 Å². The first kappa shape index (κ1) is 28.9. The van der Waals surface area contributed by atoms with Gasteiger partial charge >= 0.3 is 18.2 Å². The van der Waals surface area contributed by atoms with Gasteiger partial charge in [0.1, 0.15) is 11.6 Å². The molecule has 0 spiro atoms. The zero-order valence-corrected chi connectivity index (χ0v) is 21.8. The van der Waals surface area contributed by atoms with E-state index in [4.69, 9.17) is 0 Å². The number of anilines is 1. The molecule has 0 fully saturated rings. The zero-order valence-electron chi connectivity index (χ0n) is 21.8. The van der Waals surface area contributed by atoms with Crippen LogP contribution in [0.1, 0.15) is 34.2 Å². The minimum Gasteiger partial charge on any atom is -0.459 e. The lowest BCUT2D eigenvalue weighted by molar-refractivity contribution is -0.274. The lowest BCUT2D eigenvalue weighted by atomic mass is 10.0. The second-order valence-corrected chi connectivity index (χ2v) is 8.56. The van der Waals surface area contributed by atoms with Gasteiger partial charge in [0.25, 0.3) is 5.91 Å². The monoisotopic (exact) mass is 574 g/mol. The molecule has 0 aliphatic rings. The molecule has 11 nitrogen and oxygen atoms in total. The molecule has 3 heterocycles. The Morgan fingerprint density at radius 1 is 1.02 bits per heavy atom. The Morgan fingerprint density at radius 3 is 2.49 bits per heavy atom. The Balaban J connectivity index is 1.55. The van der Waals surface area contributed by atoms with Crippen LogP contribution in [0.4, 0.5) is 23.4 Å². The van der Waals surface area contributed by atoms with Gasteiger partial charge in [0.05, 0.1) is 29.8 Å². The van der Waals surface area contributed by atoms with E-state index >= 15 is 0 Å². The van der Waals surface area contributed by atoms with Crippen LogP contribution in [0.5, 0.6) is 5.75 Å². The SMILES string of the molecule is CCOC(=O)C(=O)Nc1cn2nc(-c3cc(C(=O)NCc4cc(OC(F)(F)F)ccc4F)c(C)nc3C)ccc2n1. The molecule has 0 aliphatic heterocycles. The van der Waals surface area contributed by atoms with Crippen LogP contribution in [0, 0.1) is 19.7 Å². The molecule has 0 radical (unpaired) electrons. The van der Waals surface area contributed by atoms with Gasteiger partial charge < -0.3 is 14.8 Å². The van der Waals surface area contributed by atoms with Crippen molar-refractivity contribution in [2.45, 2.75) is 33.7 Å². The molecular weight excluding hydrogens is 552 g/mol. The van der Waals surface area contributed by atoms with Gasteiger partial charge in [0.15, 0.2) is 11.5 Å². The Kier molecular flexibility index (Phi) is 8.16. The number of aryl methyl sites for hydroxylation is 2. The molecular formula is C26H22F4N6O5. The highest BCUT2D eigenvalue weighted by molar-refractivity contribution is 6.37. The summed E-state index contributed by atoms with van der Waals surface area (Å²) in [6.07, 6.45) is -3.57. The minimum atomic E-state index is -4.95. The fraction of sp³-hybridized carbons (Fsp3) is 0.231. The van der Waals surface area contributed by atoms with Gasteiger partial charge in [-0.2, -0.15) is 5.10 Å². The van der Waals surface area contributed by atoms with Gasteiger partial charge in [-0.25, -0.2) is 18.7 Å². The first-order chi connectivity index (χ1) is 19.3. The van der Waals surface area contributed by atoms with Crippen LogP contribution in [0.3, 0.4) is 0 Å². The first-order valence-electron chi connectivity index (χ1n) is 12.0. The number of carbonyl (C=O) groups is 3. The minimum absolute atomic E-state index is 0.0350. The number of rotatable bonds is 7. The fourth-order valence-corrected chi connectivity index (χ4v) is 3.82. The maximum Gasteiger partial charge on any atom is 0.573 e. The van der Waals surface area contributed by atoms with Crippen molar-refractivity contribution in [2.75, 3.05) is 11.9 Å². The summed E-state index contributed by atoms with van der Waals surface area (Å²) in [5, 5.41) is 9.26. The van der Waals surface area contributed by atoms with Crippen molar-refractivity contribution in [1.82, 2.24) is 24.9 Å². The van der Waals surface area contributed by atoms with Crippen molar-refractivity contribution in [2.24, 2.45) is 0 Å². The molecule has 214 valence electrons. The maximum absolute atomic E-state index is 14.2. The molecule has 2 amide bonds. The van der Waals surface area contributed by atoms with Gasteiger partial charge in [-0.1, -0.05) is 0 Å². The number of amides is 2. The van der Waals surface area contributed by atoms with Gasteiger partial charge in [-0.15, -0.1) is 13.2 Å². The molecule has 4 rings (SSSR count). The fourth-order valence-electron chi connectivity index (χ4n) is 3.82. The highest BCUT2D eigenvalue weighted by Gasteiger charge is 2.31. The Hall–Kier alpha value is -5.08. The summed E-state index contributed by atoms with van der Waals surface area (Å²) in [5.74, 6) is -4.09. The number of hydrogen-bond acceptors (Lipinski definition) is 8. The molecule has 0 unspecified atom stereocenters. The molecule has 0 aliphatic carbocycles. The lowest BCUT2D eigenvalue weighted by Gasteiger charge is -2.13. The first-order valence-corrected chi connectivity index (χ1v) is 12.0. The van der Waals surface area contributed by atoms with Crippen LogP contribution in [0.2, 0.25) is 0 Å². The summed E-state index contributed by atoms with van der Waals surface area (Å²) < 4.78 is 61.6. The van der Waals surface area contributed by atoms with Gasteiger partial charge in [0, 0.05) is 23.4 Å². The summed E-state index contributed by atoms with van der Waals surface area (Å²) in [4.78, 5) is 45.0. The number of aromatic nitrogens is 4. The van der Waals surface area contributed by atoms with E-state index in [1.54, 1.807) is 32.9 Å². The van der Waals surface area contributed by atoms with E-state index in [1.165, 1.54) is 16.8 Å². The van der Waals surface area contributed by atoms with Crippen molar-refractivity contribution in [3.05, 3.63) is 70.9 Å². The molecule has 3 aromatic heterocycles. The molecule has 41 heavy (non-hydrogen) atoms. The standard InChI is InChI=1S/C26H22F4N6O5/c1-4-40-25(39)24(38)34-21-12-36-22(33-21)8-7-20(35-36)17-10-18(14(3)32-13(17)2)23(37)31-11-15-9-16(5-6-19(15)27)41-26(28,29)30/h5-10,12H,4,11H2,1-3H3,(H,31,37)(H,34,38). The van der Waals surface area contributed by atoms with E-state index in [1.807, 2.05) is 0 Å². The van der Waals surface area contributed by atoms with E-state index in [2.05, 4.69) is 35.2 Å². The molecule has 0 saturated carbocycles. The van der Waals surface area contributed by atoms with Crippen molar-refractivity contribution in [3.63, 3.8) is 0 Å². The average Bonchev–Trinajstić information content (AvgIpc) is 3.29. The quantitative estimate of drug-likeness (QED) is 0.193. The number of hydrogen-bond donors (Lipinski definition) is 2. The Labute approximate surface area is 229 Å². The second-order valence-electron chi connectivity index (χ2n) is 8.56. The van der Waals surface area contributed by atoms with Crippen LogP contribution >= 0.6 is 0 Å². The summed E-state index contributed by atoms with van der Waals surface area (Å²) in [5.41, 5.74) is 2.01. The number of pyridine rings is 1. The van der Waals surface area contributed by atoms with Crippen LogP contribution < -0.4 is 15.4 Å². The van der Waals surface area contributed by atoms with E-state index in [-0.39, 0.29) is 23.6 Å². The van der Waals surface area contributed by atoms with E-state index < -0.39 is 42.3 Å². The number of esters is 1. The molecule has 4 aromatic rings. The van der Waals surface area contributed by atoms with Crippen LogP contribution in [0.15, 0.2) is 42.6 Å². The summed E-state index contributed by atoms with van der Waals surface area (Å²) in [6.45, 7) is 4.48. The predicted octanol–water partition coefficient (Wildman–Crippen LogP) is 3.88. The molecule has 0 atom stereocenters. The average molecular weight is 574 g/mol. The molecule has 0 saturated heterocycles. The predicted molar refractivity (Wildman–Crippen MR) is 135 cm³/mol. The van der Waals surface area contributed by atoms with Crippen molar-refractivity contribution in [3.8, 4) is 17.0 Å². The van der Waals surface area contributed by atoms with E-state index in [9.17, 15) is 31.9 Å². The molecule has 1 aromatic carbocycles. The molecule has 15 heteroatoms. The van der Waals surface area contributed by atoms with Gasteiger partial charge in [0.2, 0.25) is 0 Å². The second kappa shape index (κ2) is 11.6. The number of fused-ring (bicyclic) bond motifs is 1. The molecule has 2 N–H and O–H groups in total. The third-order valence-corrected chi connectivity index (χ3v) is 5.64. The smallest absolute Gasteiger partial charge is 0.459 e. The number of carbonyl (C=O) groups excluding carboxylic acids is 3. The van der Waals surface area contributed by atoms with Crippen LogP contribution in [0.25, 0.3) is 16.9 Å². The zero-order chi connectivity index (χ0) is 29.9. The Morgan fingerprint density at radius 2 is 1.78 bits per heavy atom. The molecule has 0 bridgehead atoms. The number of imidazole rings is 1. The number of benzene rings is 1. The van der Waals surface area contributed by atoms with Crippen molar-refractivity contribution in [1.29, 1.82) is 0 Å². The van der Waals surface area contributed by atoms with Crippen molar-refractivity contribution < 1.29 is 41.4 Å². The number of nitrogens with zero attached hydrogens (tertiary/aromatic N) is 4. The number of nitrogens with one attached hydrogen (secondary N) is 2. The van der Waals surface area contributed by atoms with Crippen LogP contribution in [-0.2, 0) is 20.9 Å². The summed E-state index contributed by atoms with van der Waals surface area (Å²) >= 11 is 0. The van der Waals surface area contributed by atoms with Gasteiger partial charge in [-0.05, 0) is 57.2 Å². The number of halogens is 4. The van der Waals surface area contributed by atoms with Crippen molar-refractivity contribution >= 4 is 29.2 Å². The largest absolute Gasteiger partial charge is 0.573 e. The highest BCUT2D eigenvalue weighted by Crippen LogP contribution is 2.26. The van der Waals surface area contributed by atoms with E-state index in [0.717, 1.165) is 18.2 Å². The topological polar surface area (TPSA) is 137 Å². The third kappa shape index (κ3) is 6.93. The highest BCUT2D eigenvalue weighted by atomic mass is 19.4. The number of ether oxygens (including phenoxy) is 2. The lowest BCUT2D eigenvalue weighted by Crippen LogP contribution is -2.25. The Bertz CT molecular complexity index is 1650. The normalized spacial score (nSPS) is 11.3. The third-order valence-electron chi connectivity index (χ3n) is 5.64. The summed E-state index contributed by atoms with van der Waals surface area (Å²) in [6, 6.07) is 7.23. The van der Waals surface area contributed by atoms with Gasteiger partial charge in [-0.3, -0.25) is 19.9 Å². The van der Waals surface area contributed by atoms with E-state index in [0.29, 0.717) is 28.3 Å². The maximum atomic E-state index is 14.2. The summed E-state index contributed by atoms with van der Waals surface area (Å²) in [7, 11) is 0.